The third kappa shape index (κ3) is 3.99. The van der Waals surface area contributed by atoms with Crippen LogP contribution in [0.15, 0.2) is 54.9 Å². The summed E-state index contributed by atoms with van der Waals surface area (Å²) >= 11 is 0. The largest absolute Gasteiger partial charge is 0.493 e. The molecule has 1 aliphatic rings. The molecule has 7 heteroatoms. The molecule has 1 aromatic heterocycles. The third-order valence-corrected chi connectivity index (χ3v) is 4.96. The fraction of sp³-hybridized carbons (Fsp3) is 0.227. The molecule has 4 rings (SSSR count). The maximum atomic E-state index is 12.6. The van der Waals surface area contributed by atoms with Gasteiger partial charge in [0, 0.05) is 24.8 Å². The number of methoxy groups -OCH3 is 2. The summed E-state index contributed by atoms with van der Waals surface area (Å²) in [6.45, 7) is 1.46. The summed E-state index contributed by atoms with van der Waals surface area (Å²) in [5.74, 6) is 1.91. The lowest BCUT2D eigenvalue weighted by Crippen LogP contribution is -2.31. The van der Waals surface area contributed by atoms with E-state index in [4.69, 9.17) is 9.47 Å². The van der Waals surface area contributed by atoms with Crippen LogP contribution in [0.25, 0.3) is 0 Å². The van der Waals surface area contributed by atoms with Crippen LogP contribution >= 0.6 is 0 Å². The van der Waals surface area contributed by atoms with E-state index < -0.39 is 0 Å². The number of para-hydroxylation sites is 1. The van der Waals surface area contributed by atoms with Gasteiger partial charge in [-0.3, -0.25) is 4.79 Å². The van der Waals surface area contributed by atoms with Gasteiger partial charge in [0.15, 0.2) is 11.5 Å². The van der Waals surface area contributed by atoms with Gasteiger partial charge in [-0.05, 0) is 41.8 Å². The molecule has 0 unspecified atom stereocenters. The number of carbonyl (C=O) groups excluding carboxylic acids is 1. The first-order valence-corrected chi connectivity index (χ1v) is 9.35. The Bertz CT molecular complexity index is 1020. The predicted octanol–water partition coefficient (Wildman–Crippen LogP) is 3.31. The van der Waals surface area contributed by atoms with E-state index >= 15 is 0 Å². The van der Waals surface area contributed by atoms with Crippen LogP contribution in [-0.2, 0) is 13.0 Å². The molecule has 0 fully saturated rings. The molecule has 1 amide bonds. The highest BCUT2D eigenvalue weighted by molar-refractivity contribution is 6.03. The molecule has 0 saturated carbocycles. The average molecular weight is 390 g/mol. The van der Waals surface area contributed by atoms with Crippen molar-refractivity contribution in [2.45, 2.75) is 13.0 Å². The highest BCUT2D eigenvalue weighted by Crippen LogP contribution is 2.34. The van der Waals surface area contributed by atoms with Gasteiger partial charge in [0.2, 0.25) is 0 Å². The van der Waals surface area contributed by atoms with Crippen molar-refractivity contribution in [1.82, 2.24) is 9.97 Å². The summed E-state index contributed by atoms with van der Waals surface area (Å²) in [4.78, 5) is 23.2. The summed E-state index contributed by atoms with van der Waals surface area (Å²) in [5, 5.41) is 2.85. The Labute approximate surface area is 169 Å². The number of hydrogen-bond donors (Lipinski definition) is 1. The van der Waals surface area contributed by atoms with Crippen LogP contribution in [0.5, 0.6) is 11.5 Å². The second kappa shape index (κ2) is 8.18. The molecule has 2 aromatic carbocycles. The molecule has 1 N–H and O–H groups in total. The number of ether oxygens (including phenoxy) is 2. The number of fused-ring (bicyclic) bond motifs is 1. The molecule has 0 radical (unpaired) electrons. The van der Waals surface area contributed by atoms with Crippen LogP contribution in [0.2, 0.25) is 0 Å². The zero-order chi connectivity index (χ0) is 20.2. The van der Waals surface area contributed by atoms with Crippen molar-refractivity contribution in [2.24, 2.45) is 0 Å². The van der Waals surface area contributed by atoms with Crippen LogP contribution in [0.1, 0.15) is 21.6 Å². The molecule has 29 heavy (non-hydrogen) atoms. The zero-order valence-electron chi connectivity index (χ0n) is 16.4. The Morgan fingerprint density at radius 2 is 1.72 bits per heavy atom. The minimum Gasteiger partial charge on any atom is -0.493 e. The van der Waals surface area contributed by atoms with Gasteiger partial charge in [0.1, 0.15) is 17.8 Å². The lowest BCUT2D eigenvalue weighted by atomic mass is 9.99. The molecule has 2 heterocycles. The number of nitrogens with one attached hydrogen (secondary N) is 1. The number of benzene rings is 2. The van der Waals surface area contributed by atoms with Gasteiger partial charge >= 0.3 is 0 Å². The number of anilines is 2. The second-order valence-corrected chi connectivity index (χ2v) is 6.73. The molecule has 148 valence electrons. The topological polar surface area (TPSA) is 76.6 Å². The number of carbonyl (C=O) groups is 1. The standard InChI is InChI=1S/C22H22N4O3/c1-28-19-10-15-8-9-26(13-16(15)11-20(19)29-2)21-12-18(23-14-24-21)22(27)25-17-6-4-3-5-7-17/h3-7,10-12,14H,8-9,13H2,1-2H3,(H,25,27). The van der Waals surface area contributed by atoms with E-state index in [0.717, 1.165) is 35.8 Å². The Balaban J connectivity index is 1.54. The monoisotopic (exact) mass is 390 g/mol. The van der Waals surface area contributed by atoms with Crippen LogP contribution in [0.3, 0.4) is 0 Å². The van der Waals surface area contributed by atoms with Crippen molar-refractivity contribution in [3.63, 3.8) is 0 Å². The van der Waals surface area contributed by atoms with E-state index in [9.17, 15) is 4.79 Å². The fourth-order valence-electron chi connectivity index (χ4n) is 3.44. The number of amides is 1. The molecule has 0 saturated heterocycles. The van der Waals surface area contributed by atoms with Gasteiger partial charge in [-0.2, -0.15) is 0 Å². The van der Waals surface area contributed by atoms with Crippen LogP contribution in [0.4, 0.5) is 11.5 Å². The fourth-order valence-corrected chi connectivity index (χ4v) is 3.44. The summed E-state index contributed by atoms with van der Waals surface area (Å²) < 4.78 is 10.8. The number of rotatable bonds is 5. The molecule has 0 bridgehead atoms. The highest BCUT2D eigenvalue weighted by Gasteiger charge is 2.21. The Morgan fingerprint density at radius 1 is 1.00 bits per heavy atom. The predicted molar refractivity (Wildman–Crippen MR) is 111 cm³/mol. The van der Waals surface area contributed by atoms with E-state index in [2.05, 4.69) is 20.2 Å². The van der Waals surface area contributed by atoms with E-state index in [1.165, 1.54) is 11.9 Å². The first-order valence-electron chi connectivity index (χ1n) is 9.35. The molecule has 7 nitrogen and oxygen atoms in total. The van der Waals surface area contributed by atoms with Gasteiger partial charge in [-0.1, -0.05) is 18.2 Å². The summed E-state index contributed by atoms with van der Waals surface area (Å²) in [5.41, 5.74) is 3.44. The normalized spacial score (nSPS) is 12.8. The van der Waals surface area contributed by atoms with Gasteiger partial charge in [-0.25, -0.2) is 9.97 Å². The molecule has 3 aromatic rings. The molecular formula is C22H22N4O3. The second-order valence-electron chi connectivity index (χ2n) is 6.73. The third-order valence-electron chi connectivity index (χ3n) is 4.96. The van der Waals surface area contributed by atoms with Gasteiger partial charge in [-0.15, -0.1) is 0 Å². The molecule has 0 spiro atoms. The van der Waals surface area contributed by atoms with Gasteiger partial charge in [0.05, 0.1) is 14.2 Å². The molecular weight excluding hydrogens is 368 g/mol. The van der Waals surface area contributed by atoms with Gasteiger partial charge in [0.25, 0.3) is 5.91 Å². The van der Waals surface area contributed by atoms with Crippen molar-refractivity contribution in [2.75, 3.05) is 31.0 Å². The van der Waals surface area contributed by atoms with Crippen LogP contribution in [-0.4, -0.2) is 36.6 Å². The Morgan fingerprint density at radius 3 is 2.45 bits per heavy atom. The lowest BCUT2D eigenvalue weighted by molar-refractivity contribution is 0.102. The summed E-state index contributed by atoms with van der Waals surface area (Å²) in [6, 6.07) is 15.1. The highest BCUT2D eigenvalue weighted by atomic mass is 16.5. The quantitative estimate of drug-likeness (QED) is 0.720. The van der Waals surface area contributed by atoms with Gasteiger partial charge < -0.3 is 19.7 Å². The number of hydrogen-bond acceptors (Lipinski definition) is 6. The first-order chi connectivity index (χ1) is 14.2. The summed E-state index contributed by atoms with van der Waals surface area (Å²) in [6.07, 6.45) is 2.28. The van der Waals surface area contributed by atoms with E-state index in [0.29, 0.717) is 18.0 Å². The lowest BCUT2D eigenvalue weighted by Gasteiger charge is -2.30. The Hall–Kier alpha value is -3.61. The maximum absolute atomic E-state index is 12.6. The molecule has 1 aliphatic heterocycles. The van der Waals surface area contributed by atoms with Crippen molar-refractivity contribution in [1.29, 1.82) is 0 Å². The van der Waals surface area contributed by atoms with Crippen molar-refractivity contribution in [3.8, 4) is 11.5 Å². The summed E-state index contributed by atoms with van der Waals surface area (Å²) in [7, 11) is 3.27. The Kier molecular flexibility index (Phi) is 5.29. The first kappa shape index (κ1) is 18.7. The molecule has 0 atom stereocenters. The smallest absolute Gasteiger partial charge is 0.274 e. The van der Waals surface area contributed by atoms with E-state index in [1.807, 2.05) is 42.5 Å². The minimum atomic E-state index is -0.260. The van der Waals surface area contributed by atoms with Crippen molar-refractivity contribution in [3.05, 3.63) is 71.7 Å². The maximum Gasteiger partial charge on any atom is 0.274 e. The number of aromatic nitrogens is 2. The van der Waals surface area contributed by atoms with Crippen LogP contribution in [0, 0.1) is 0 Å². The number of nitrogens with zero attached hydrogens (tertiary/aromatic N) is 3. The molecule has 0 aliphatic carbocycles. The minimum absolute atomic E-state index is 0.260. The van der Waals surface area contributed by atoms with Crippen molar-refractivity contribution < 1.29 is 14.3 Å². The average Bonchev–Trinajstić information content (AvgIpc) is 2.78. The van der Waals surface area contributed by atoms with Crippen molar-refractivity contribution >= 4 is 17.4 Å². The van der Waals surface area contributed by atoms with E-state index in [1.54, 1.807) is 20.3 Å². The SMILES string of the molecule is COc1cc2c(cc1OC)CN(c1cc(C(=O)Nc3ccccc3)ncn1)CC2. The van der Waals surface area contributed by atoms with Crippen LogP contribution < -0.4 is 19.7 Å². The van der Waals surface area contributed by atoms with E-state index in [-0.39, 0.29) is 5.91 Å². The zero-order valence-corrected chi connectivity index (χ0v) is 16.4.